The molecule has 0 saturated carbocycles. The Morgan fingerprint density at radius 2 is 1.76 bits per heavy atom. The van der Waals surface area contributed by atoms with E-state index in [1.165, 1.54) is 51.4 Å². The van der Waals surface area contributed by atoms with Gasteiger partial charge in [0.05, 0.1) is 6.20 Å². The van der Waals surface area contributed by atoms with Crippen LogP contribution in [0.15, 0.2) is 12.8 Å². The number of unbranched alkanes of at least 4 members (excludes halogenated alkanes) is 7. The van der Waals surface area contributed by atoms with Gasteiger partial charge in [0.1, 0.15) is 5.69 Å². The van der Waals surface area contributed by atoms with E-state index in [9.17, 15) is 0 Å². The summed E-state index contributed by atoms with van der Waals surface area (Å²) in [6, 6.07) is 0. The van der Waals surface area contributed by atoms with E-state index in [2.05, 4.69) is 23.8 Å². The lowest BCUT2D eigenvalue weighted by Gasteiger charge is -2.01. The maximum atomic E-state index is 4.04. The Morgan fingerprint density at radius 3 is 2.35 bits per heavy atom. The van der Waals surface area contributed by atoms with Crippen molar-refractivity contribution < 1.29 is 0 Å². The van der Waals surface area contributed by atoms with Gasteiger partial charge < -0.3 is 0 Å². The monoisotopic (exact) mass is 235 g/mol. The molecular weight excluding hydrogens is 210 g/mol. The summed E-state index contributed by atoms with van der Waals surface area (Å²) in [5.74, 6) is 0. The smallest absolute Gasteiger partial charge is 0.105 e. The highest BCUT2D eigenvalue weighted by molar-refractivity contribution is 5.38. The van der Waals surface area contributed by atoms with Gasteiger partial charge in [-0.15, -0.1) is 5.10 Å². The quantitative estimate of drug-likeness (QED) is 0.572. The highest BCUT2D eigenvalue weighted by atomic mass is 15.4. The minimum absolute atomic E-state index is 0.865. The van der Waals surface area contributed by atoms with Crippen LogP contribution in [0.2, 0.25) is 0 Å². The number of rotatable bonds is 10. The Hall–Kier alpha value is -1.12. The zero-order chi connectivity index (χ0) is 12.3. The van der Waals surface area contributed by atoms with Crippen molar-refractivity contribution in [2.75, 3.05) is 0 Å². The fraction of sp³-hybridized carbons (Fsp3) is 0.714. The fourth-order valence-electron chi connectivity index (χ4n) is 1.92. The molecule has 3 nitrogen and oxygen atoms in total. The lowest BCUT2D eigenvalue weighted by atomic mass is 10.1. The second-order valence-electron chi connectivity index (χ2n) is 4.59. The molecule has 0 saturated heterocycles. The number of hydrogen-bond donors (Lipinski definition) is 0. The molecule has 0 aromatic carbocycles. The zero-order valence-electron chi connectivity index (χ0n) is 11.1. The number of hydrogen-bond acceptors (Lipinski definition) is 2. The SMILES string of the molecule is C=Cc1cn(CCCCCCCCCC)nn1. The Morgan fingerprint density at radius 1 is 1.12 bits per heavy atom. The summed E-state index contributed by atoms with van der Waals surface area (Å²) in [5.41, 5.74) is 0.865. The van der Waals surface area contributed by atoms with Gasteiger partial charge in [-0.3, -0.25) is 4.68 Å². The van der Waals surface area contributed by atoms with Crippen molar-refractivity contribution in [2.24, 2.45) is 0 Å². The standard InChI is InChI=1S/C14H25N3/c1-3-5-6-7-8-9-10-11-12-17-13-14(4-2)15-16-17/h4,13H,2-3,5-12H2,1H3. The molecule has 0 amide bonds. The van der Waals surface area contributed by atoms with Crippen LogP contribution in [0.25, 0.3) is 6.08 Å². The van der Waals surface area contributed by atoms with Crippen LogP contribution in [0.4, 0.5) is 0 Å². The second kappa shape index (κ2) is 8.97. The van der Waals surface area contributed by atoms with Gasteiger partial charge in [0, 0.05) is 6.54 Å². The van der Waals surface area contributed by atoms with Crippen molar-refractivity contribution in [1.29, 1.82) is 0 Å². The summed E-state index contributed by atoms with van der Waals surface area (Å²) >= 11 is 0. The molecule has 0 aliphatic heterocycles. The van der Waals surface area contributed by atoms with E-state index in [-0.39, 0.29) is 0 Å². The molecule has 17 heavy (non-hydrogen) atoms. The molecule has 0 radical (unpaired) electrons. The maximum Gasteiger partial charge on any atom is 0.105 e. The summed E-state index contributed by atoms with van der Waals surface area (Å²) in [5, 5.41) is 8.02. The van der Waals surface area contributed by atoms with Gasteiger partial charge in [0.15, 0.2) is 0 Å². The topological polar surface area (TPSA) is 30.7 Å². The third-order valence-electron chi connectivity index (χ3n) is 3.01. The first kappa shape index (κ1) is 13.9. The molecule has 0 unspecified atom stereocenters. The minimum Gasteiger partial charge on any atom is -0.252 e. The van der Waals surface area contributed by atoms with Crippen molar-refractivity contribution in [3.8, 4) is 0 Å². The highest BCUT2D eigenvalue weighted by Gasteiger charge is 1.96. The first-order valence-corrected chi connectivity index (χ1v) is 6.89. The summed E-state index contributed by atoms with van der Waals surface area (Å²) in [4.78, 5) is 0. The Labute approximate surface area is 105 Å². The molecular formula is C14H25N3. The summed E-state index contributed by atoms with van der Waals surface area (Å²) in [7, 11) is 0. The number of aryl methyl sites for hydroxylation is 1. The van der Waals surface area contributed by atoms with Crippen LogP contribution in [0.5, 0.6) is 0 Å². The van der Waals surface area contributed by atoms with E-state index in [0.717, 1.165) is 12.2 Å². The largest absolute Gasteiger partial charge is 0.252 e. The van der Waals surface area contributed by atoms with Gasteiger partial charge in [0.25, 0.3) is 0 Å². The van der Waals surface area contributed by atoms with E-state index in [0.29, 0.717) is 0 Å². The fourth-order valence-corrected chi connectivity index (χ4v) is 1.92. The number of aromatic nitrogens is 3. The molecule has 1 aromatic rings. The van der Waals surface area contributed by atoms with Gasteiger partial charge in [0.2, 0.25) is 0 Å². The summed E-state index contributed by atoms with van der Waals surface area (Å²) < 4.78 is 1.91. The molecule has 0 atom stereocenters. The van der Waals surface area contributed by atoms with E-state index in [1.807, 2.05) is 10.9 Å². The molecule has 0 spiro atoms. The van der Waals surface area contributed by atoms with Crippen molar-refractivity contribution in [2.45, 2.75) is 64.8 Å². The van der Waals surface area contributed by atoms with Gasteiger partial charge in [-0.25, -0.2) is 0 Å². The lowest BCUT2D eigenvalue weighted by molar-refractivity contribution is 0.511. The molecule has 1 heterocycles. The molecule has 0 aliphatic carbocycles. The molecule has 3 heteroatoms. The van der Waals surface area contributed by atoms with Crippen LogP contribution in [0, 0.1) is 0 Å². The van der Waals surface area contributed by atoms with Crippen molar-refractivity contribution in [1.82, 2.24) is 15.0 Å². The Kier molecular flexibility index (Phi) is 7.35. The van der Waals surface area contributed by atoms with Gasteiger partial charge in [-0.05, 0) is 12.5 Å². The molecule has 96 valence electrons. The van der Waals surface area contributed by atoms with Crippen LogP contribution in [0.3, 0.4) is 0 Å². The normalized spacial score (nSPS) is 10.6. The third kappa shape index (κ3) is 6.25. The lowest BCUT2D eigenvalue weighted by Crippen LogP contribution is -1.98. The number of nitrogens with zero attached hydrogens (tertiary/aromatic N) is 3. The van der Waals surface area contributed by atoms with Crippen molar-refractivity contribution in [3.63, 3.8) is 0 Å². The average molecular weight is 235 g/mol. The van der Waals surface area contributed by atoms with Gasteiger partial charge >= 0.3 is 0 Å². The molecule has 1 aromatic heterocycles. The van der Waals surface area contributed by atoms with Gasteiger partial charge in [-0.1, -0.05) is 63.7 Å². The van der Waals surface area contributed by atoms with Crippen LogP contribution in [-0.4, -0.2) is 15.0 Å². The molecule has 1 rings (SSSR count). The van der Waals surface area contributed by atoms with Crippen LogP contribution in [0.1, 0.15) is 64.0 Å². The van der Waals surface area contributed by atoms with E-state index >= 15 is 0 Å². The molecule has 0 N–H and O–H groups in total. The first-order valence-electron chi connectivity index (χ1n) is 6.89. The molecule has 0 fully saturated rings. The molecule has 0 bridgehead atoms. The van der Waals surface area contributed by atoms with E-state index in [1.54, 1.807) is 6.08 Å². The van der Waals surface area contributed by atoms with Crippen molar-refractivity contribution in [3.05, 3.63) is 18.5 Å². The molecule has 0 aliphatic rings. The van der Waals surface area contributed by atoms with E-state index < -0.39 is 0 Å². The van der Waals surface area contributed by atoms with Crippen LogP contribution in [-0.2, 0) is 6.54 Å². The predicted octanol–water partition coefficient (Wildman–Crippen LogP) is 4.06. The maximum absolute atomic E-state index is 4.04. The summed E-state index contributed by atoms with van der Waals surface area (Å²) in [6.45, 7) is 6.92. The predicted molar refractivity (Wildman–Crippen MR) is 72.7 cm³/mol. The third-order valence-corrected chi connectivity index (χ3v) is 3.01. The minimum atomic E-state index is 0.865. The van der Waals surface area contributed by atoms with E-state index in [4.69, 9.17) is 0 Å². The van der Waals surface area contributed by atoms with Crippen LogP contribution < -0.4 is 0 Å². The zero-order valence-corrected chi connectivity index (χ0v) is 11.1. The average Bonchev–Trinajstić information content (AvgIpc) is 2.80. The summed E-state index contributed by atoms with van der Waals surface area (Å²) in [6.07, 6.45) is 14.5. The Bertz CT molecular complexity index is 304. The second-order valence-corrected chi connectivity index (χ2v) is 4.59. The first-order chi connectivity index (χ1) is 8.36. The Balaban J connectivity index is 1.95. The van der Waals surface area contributed by atoms with Crippen LogP contribution >= 0.6 is 0 Å². The van der Waals surface area contributed by atoms with Gasteiger partial charge in [-0.2, -0.15) is 0 Å². The van der Waals surface area contributed by atoms with Crippen molar-refractivity contribution >= 4 is 6.08 Å². The highest BCUT2D eigenvalue weighted by Crippen LogP contribution is 2.09.